The van der Waals surface area contributed by atoms with Crippen molar-refractivity contribution in [3.8, 4) is 0 Å². The third-order valence-electron chi connectivity index (χ3n) is 5.79. The maximum atomic E-state index is 4.85. The molecule has 1 heterocycles. The van der Waals surface area contributed by atoms with Crippen molar-refractivity contribution in [1.29, 1.82) is 0 Å². The summed E-state index contributed by atoms with van der Waals surface area (Å²) < 4.78 is 0. The maximum absolute atomic E-state index is 4.85. The Morgan fingerprint density at radius 1 is 0.611 bits per heavy atom. The maximum Gasteiger partial charge on any atom is 3.00 e. The summed E-state index contributed by atoms with van der Waals surface area (Å²) in [5, 5.41) is 0. The van der Waals surface area contributed by atoms with Crippen molar-refractivity contribution in [2.75, 3.05) is 0 Å². The van der Waals surface area contributed by atoms with Crippen molar-refractivity contribution in [3.63, 3.8) is 0 Å². The van der Waals surface area contributed by atoms with E-state index < -0.39 is 0 Å². The Hall–Kier alpha value is -1.69. The molecule has 0 aliphatic carbocycles. The van der Waals surface area contributed by atoms with Crippen LogP contribution >= 0.6 is 0 Å². The minimum Gasteiger partial charge on any atom is -1.00 e. The Bertz CT molecular complexity index is 1020. The zero-order valence-corrected chi connectivity index (χ0v) is 25.1. The second-order valence-corrected chi connectivity index (χ2v) is 8.28. The molecule has 0 saturated heterocycles. The third kappa shape index (κ3) is 9.31. The molecule has 0 unspecified atom stereocenters. The molecule has 0 atom stereocenters. The van der Waals surface area contributed by atoms with Crippen molar-refractivity contribution in [1.82, 2.24) is 4.98 Å². The van der Waals surface area contributed by atoms with Crippen LogP contribution in [0.4, 0.5) is 11.4 Å². The van der Waals surface area contributed by atoms with Gasteiger partial charge in [-0.15, -0.1) is 0 Å². The molecule has 0 aliphatic rings. The average Bonchev–Trinajstić information content (AvgIpc) is 2.81. The van der Waals surface area contributed by atoms with Crippen molar-refractivity contribution < 1.29 is 54.0 Å². The van der Waals surface area contributed by atoms with Gasteiger partial charge in [-0.25, -0.2) is 4.98 Å². The first-order valence-corrected chi connectivity index (χ1v) is 11.8. The first-order chi connectivity index (χ1) is 15.5. The predicted octanol–water partition coefficient (Wildman–Crippen LogP) is -1.54. The summed E-state index contributed by atoms with van der Waals surface area (Å²) in [6.45, 7) is 13.0. The fourth-order valence-electron chi connectivity index (χ4n) is 4.15. The van der Waals surface area contributed by atoms with Gasteiger partial charge in [0.25, 0.3) is 0 Å². The zero-order chi connectivity index (χ0) is 23.1. The van der Waals surface area contributed by atoms with Gasteiger partial charge in [0.05, 0.1) is 35.2 Å². The Balaban J connectivity index is 0. The van der Waals surface area contributed by atoms with Gasteiger partial charge in [0.2, 0.25) is 0 Å². The minimum absolute atomic E-state index is 0. The number of aryl methyl sites for hydroxylation is 6. The van der Waals surface area contributed by atoms with Crippen LogP contribution in [0, 0.1) is 13.8 Å². The normalized spacial score (nSPS) is 10.4. The first-order valence-electron chi connectivity index (χ1n) is 11.8. The molecule has 196 valence electrons. The summed E-state index contributed by atoms with van der Waals surface area (Å²) in [5.74, 6) is 0. The van der Waals surface area contributed by atoms with E-state index in [-0.39, 0.29) is 54.0 Å². The molecule has 0 bridgehead atoms. The number of aliphatic imine (C=N–C) groups is 2. The number of halogens is 3. The standard InChI is InChI=1S/C29H35N3.3ClH.Co/c1-7-22-14-20(5)15-23(8-2)28(22)30-18-26-12-11-13-27(32-26)19-31-29-24(9-3)16-21(6)17-25(29)10-4;;;;/h11-19H,7-10H2,1-6H3;3*1H;/q;;;;+3/p-3. The molecule has 7 heteroatoms. The monoisotopic (exact) mass is 589 g/mol. The molecule has 0 aliphatic heterocycles. The van der Waals surface area contributed by atoms with Crippen LogP contribution < -0.4 is 37.2 Å². The summed E-state index contributed by atoms with van der Waals surface area (Å²) in [5.41, 5.74) is 11.6. The Morgan fingerprint density at radius 2 is 0.917 bits per heavy atom. The van der Waals surface area contributed by atoms with Crippen LogP contribution in [-0.2, 0) is 42.5 Å². The molecule has 0 N–H and O–H groups in total. The second-order valence-electron chi connectivity index (χ2n) is 8.28. The summed E-state index contributed by atoms with van der Waals surface area (Å²) in [6.07, 6.45) is 7.63. The van der Waals surface area contributed by atoms with Crippen LogP contribution in [0.15, 0.2) is 52.4 Å². The second kappa shape index (κ2) is 17.7. The summed E-state index contributed by atoms with van der Waals surface area (Å²) in [7, 11) is 0. The number of aromatic nitrogens is 1. The molecule has 1 aromatic heterocycles. The summed E-state index contributed by atoms with van der Waals surface area (Å²) in [6, 6.07) is 14.9. The molecule has 36 heavy (non-hydrogen) atoms. The molecule has 0 fully saturated rings. The van der Waals surface area contributed by atoms with Crippen LogP contribution in [0.3, 0.4) is 0 Å². The molecule has 0 saturated carbocycles. The van der Waals surface area contributed by atoms with Gasteiger partial charge in [0.15, 0.2) is 0 Å². The Labute approximate surface area is 246 Å². The van der Waals surface area contributed by atoms with Crippen molar-refractivity contribution >= 4 is 23.8 Å². The number of rotatable bonds is 8. The van der Waals surface area contributed by atoms with E-state index in [2.05, 4.69) is 65.8 Å². The van der Waals surface area contributed by atoms with Gasteiger partial charge >= 0.3 is 16.8 Å². The first kappa shape index (κ1) is 36.5. The number of hydrogen-bond acceptors (Lipinski definition) is 3. The van der Waals surface area contributed by atoms with Gasteiger partial charge in [0, 0.05) is 0 Å². The SMILES string of the molecule is CCc1cc(C)cc(CC)c1N=Cc1cccc(C=Nc2c(CC)cc(C)cc2CC)n1.[Cl-].[Cl-].[Cl-].[Co+3]. The fourth-order valence-corrected chi connectivity index (χ4v) is 4.15. The van der Waals surface area contributed by atoms with E-state index in [1.54, 1.807) is 0 Å². The third-order valence-corrected chi connectivity index (χ3v) is 5.79. The number of benzene rings is 2. The predicted molar refractivity (Wildman–Crippen MR) is 139 cm³/mol. The minimum atomic E-state index is 0. The van der Waals surface area contributed by atoms with Crippen LogP contribution in [0.25, 0.3) is 0 Å². The van der Waals surface area contributed by atoms with E-state index in [1.165, 1.54) is 33.4 Å². The van der Waals surface area contributed by atoms with Gasteiger partial charge < -0.3 is 37.2 Å². The molecule has 3 aromatic rings. The van der Waals surface area contributed by atoms with Gasteiger partial charge in [-0.3, -0.25) is 9.98 Å². The van der Waals surface area contributed by atoms with Gasteiger partial charge in [-0.1, -0.05) is 69.2 Å². The molecular weight excluding hydrogens is 556 g/mol. The van der Waals surface area contributed by atoms with E-state index in [0.29, 0.717) is 0 Å². The van der Waals surface area contributed by atoms with Crippen LogP contribution in [-0.4, -0.2) is 17.4 Å². The molecule has 0 radical (unpaired) electrons. The molecule has 0 amide bonds. The van der Waals surface area contributed by atoms with E-state index >= 15 is 0 Å². The van der Waals surface area contributed by atoms with E-state index in [9.17, 15) is 0 Å². The van der Waals surface area contributed by atoms with Gasteiger partial charge in [0.1, 0.15) is 0 Å². The van der Waals surface area contributed by atoms with E-state index in [4.69, 9.17) is 15.0 Å². The van der Waals surface area contributed by atoms with Crippen molar-refractivity contribution in [3.05, 3.63) is 87.2 Å². The summed E-state index contributed by atoms with van der Waals surface area (Å²) >= 11 is 0. The smallest absolute Gasteiger partial charge is 1.00 e. The topological polar surface area (TPSA) is 37.6 Å². The Kier molecular flexibility index (Phi) is 17.9. The van der Waals surface area contributed by atoms with Crippen LogP contribution in [0.5, 0.6) is 0 Å². The Morgan fingerprint density at radius 3 is 1.19 bits per heavy atom. The molecule has 3 nitrogen and oxygen atoms in total. The van der Waals surface area contributed by atoms with E-state index in [1.807, 2.05) is 30.6 Å². The quantitative estimate of drug-likeness (QED) is 0.293. The van der Waals surface area contributed by atoms with E-state index in [0.717, 1.165) is 48.4 Å². The molecule has 3 rings (SSSR count). The molecule has 2 aromatic carbocycles. The van der Waals surface area contributed by atoms with Gasteiger partial charge in [-0.2, -0.15) is 0 Å². The van der Waals surface area contributed by atoms with Crippen LogP contribution in [0.2, 0.25) is 0 Å². The van der Waals surface area contributed by atoms with Crippen LogP contribution in [0.1, 0.15) is 72.5 Å². The average molecular weight is 591 g/mol. The largest absolute Gasteiger partial charge is 3.00 e. The number of pyridine rings is 1. The fraction of sp³-hybridized carbons (Fsp3) is 0.345. The zero-order valence-electron chi connectivity index (χ0n) is 21.8. The van der Waals surface area contributed by atoms with Crippen molar-refractivity contribution in [2.24, 2.45) is 9.98 Å². The number of hydrogen-bond donors (Lipinski definition) is 0. The molecule has 0 spiro atoms. The van der Waals surface area contributed by atoms with Gasteiger partial charge in [-0.05, 0) is 73.9 Å². The molecular formula is C29H35Cl3CoN3. The summed E-state index contributed by atoms with van der Waals surface area (Å²) in [4.78, 5) is 14.5. The van der Waals surface area contributed by atoms with Crippen molar-refractivity contribution in [2.45, 2.75) is 67.2 Å². The number of nitrogens with zero attached hydrogens (tertiary/aromatic N) is 3.